The van der Waals surface area contributed by atoms with Gasteiger partial charge in [-0.1, -0.05) is 26.0 Å². The molecule has 2 aromatic rings. The molecule has 0 saturated carbocycles. The lowest BCUT2D eigenvalue weighted by atomic mass is 9.69. The quantitative estimate of drug-likeness (QED) is 0.755. The Morgan fingerprint density at radius 3 is 2.41 bits per heavy atom. The molecule has 2 heterocycles. The van der Waals surface area contributed by atoms with E-state index in [2.05, 4.69) is 15.3 Å². The van der Waals surface area contributed by atoms with Crippen molar-refractivity contribution in [2.75, 3.05) is 12.4 Å². The van der Waals surface area contributed by atoms with Gasteiger partial charge in [0.25, 0.3) is 5.56 Å². The summed E-state index contributed by atoms with van der Waals surface area (Å²) in [6, 6.07) is 7.30. The molecule has 1 aliphatic heterocycles. The molecule has 0 radical (unpaired) electrons. The molecule has 0 spiro atoms. The first-order valence-corrected chi connectivity index (χ1v) is 8.83. The SMILES string of the molecule is COc1ccc([C@H]2C3=C(CC(C)(C)CC3=O)Nc3[nH]c(=O)[nH]c(=O)c32)cc1. The second-order valence-electron chi connectivity index (χ2n) is 7.86. The van der Waals surface area contributed by atoms with Crippen LogP contribution in [0.4, 0.5) is 5.82 Å². The third-order valence-corrected chi connectivity index (χ3v) is 5.20. The van der Waals surface area contributed by atoms with E-state index in [1.54, 1.807) is 19.2 Å². The summed E-state index contributed by atoms with van der Waals surface area (Å²) in [5.41, 5.74) is 1.27. The number of hydrogen-bond donors (Lipinski definition) is 3. The second-order valence-corrected chi connectivity index (χ2v) is 7.86. The van der Waals surface area contributed by atoms with Crippen LogP contribution in [-0.2, 0) is 4.79 Å². The summed E-state index contributed by atoms with van der Waals surface area (Å²) in [6.45, 7) is 4.07. The molecule has 1 aliphatic carbocycles. The fourth-order valence-corrected chi connectivity index (χ4v) is 4.08. The van der Waals surface area contributed by atoms with E-state index in [4.69, 9.17) is 4.74 Å². The van der Waals surface area contributed by atoms with Gasteiger partial charge in [0.1, 0.15) is 11.6 Å². The van der Waals surface area contributed by atoms with Crippen LogP contribution in [0.15, 0.2) is 45.1 Å². The number of fused-ring (bicyclic) bond motifs is 1. The maximum atomic E-state index is 13.0. The van der Waals surface area contributed by atoms with Gasteiger partial charge in [-0.3, -0.25) is 19.6 Å². The summed E-state index contributed by atoms with van der Waals surface area (Å²) >= 11 is 0. The van der Waals surface area contributed by atoms with Crippen LogP contribution in [0.3, 0.4) is 0 Å². The molecule has 1 aromatic heterocycles. The summed E-state index contributed by atoms with van der Waals surface area (Å²) in [5, 5.41) is 3.15. The van der Waals surface area contributed by atoms with E-state index in [0.717, 1.165) is 11.3 Å². The molecule has 0 amide bonds. The van der Waals surface area contributed by atoms with Gasteiger partial charge < -0.3 is 10.1 Å². The Bertz CT molecular complexity index is 1070. The molecular weight excluding hydrogens is 346 g/mol. The Hall–Kier alpha value is -3.09. The van der Waals surface area contributed by atoms with Gasteiger partial charge in [0.05, 0.1) is 12.7 Å². The standard InChI is InChI=1S/C20H21N3O4/c1-20(2)8-12-15(13(24)9-20)14(10-4-6-11(27-3)7-5-10)16-17(21-12)22-19(26)23-18(16)25/h4-7,14H,8-9H2,1-3H3,(H3,21,22,23,25,26)/t14-/m0/s1. The summed E-state index contributed by atoms with van der Waals surface area (Å²) in [6.07, 6.45) is 1.08. The number of nitrogens with one attached hydrogen (secondary N) is 3. The van der Waals surface area contributed by atoms with Crippen molar-refractivity contribution in [1.82, 2.24) is 9.97 Å². The largest absolute Gasteiger partial charge is 0.497 e. The van der Waals surface area contributed by atoms with E-state index in [1.807, 2.05) is 26.0 Å². The van der Waals surface area contributed by atoms with E-state index < -0.39 is 17.2 Å². The van der Waals surface area contributed by atoms with Gasteiger partial charge in [-0.2, -0.15) is 0 Å². The Morgan fingerprint density at radius 1 is 1.04 bits per heavy atom. The van der Waals surface area contributed by atoms with Crippen molar-refractivity contribution < 1.29 is 9.53 Å². The van der Waals surface area contributed by atoms with Crippen molar-refractivity contribution in [2.45, 2.75) is 32.6 Å². The minimum Gasteiger partial charge on any atom is -0.497 e. The van der Waals surface area contributed by atoms with Gasteiger partial charge in [-0.15, -0.1) is 0 Å². The number of hydrogen-bond acceptors (Lipinski definition) is 5. The summed E-state index contributed by atoms with van der Waals surface area (Å²) < 4.78 is 5.21. The van der Waals surface area contributed by atoms with Crippen LogP contribution in [0.25, 0.3) is 0 Å². The Balaban J connectivity index is 1.97. The minimum atomic E-state index is -0.579. The summed E-state index contributed by atoms with van der Waals surface area (Å²) in [5.74, 6) is 0.527. The zero-order chi connectivity index (χ0) is 19.3. The summed E-state index contributed by atoms with van der Waals surface area (Å²) in [4.78, 5) is 42.4. The van der Waals surface area contributed by atoms with Gasteiger partial charge >= 0.3 is 5.69 Å². The lowest BCUT2D eigenvalue weighted by molar-refractivity contribution is -0.118. The molecule has 27 heavy (non-hydrogen) atoms. The predicted molar refractivity (Wildman–Crippen MR) is 101 cm³/mol. The molecule has 0 unspecified atom stereocenters. The van der Waals surface area contributed by atoms with Crippen molar-refractivity contribution in [3.63, 3.8) is 0 Å². The second kappa shape index (κ2) is 5.97. The van der Waals surface area contributed by atoms with Crippen molar-refractivity contribution in [3.8, 4) is 5.75 Å². The predicted octanol–water partition coefficient (Wildman–Crippen LogP) is 2.27. The number of carbonyl (C=O) groups is 1. The molecule has 3 N–H and O–H groups in total. The lowest BCUT2D eigenvalue weighted by Gasteiger charge is -2.38. The van der Waals surface area contributed by atoms with Gasteiger partial charge in [-0.25, -0.2) is 4.79 Å². The van der Waals surface area contributed by atoms with Gasteiger partial charge in [0.2, 0.25) is 0 Å². The average Bonchev–Trinajstić information content (AvgIpc) is 2.58. The fourth-order valence-electron chi connectivity index (χ4n) is 4.08. The van der Waals surface area contributed by atoms with E-state index >= 15 is 0 Å². The number of H-pyrrole nitrogens is 2. The molecule has 0 fully saturated rings. The van der Waals surface area contributed by atoms with Crippen LogP contribution in [0.1, 0.15) is 43.7 Å². The molecular formula is C20H21N3O4. The summed E-state index contributed by atoms with van der Waals surface area (Å²) in [7, 11) is 1.58. The first kappa shape index (κ1) is 17.3. The average molecular weight is 367 g/mol. The number of carbonyl (C=O) groups excluding carboxylic acids is 1. The zero-order valence-electron chi connectivity index (χ0n) is 15.4. The molecule has 1 atom stereocenters. The normalized spacial score (nSPS) is 20.6. The Labute approximate surface area is 155 Å². The molecule has 2 aliphatic rings. The monoisotopic (exact) mass is 367 g/mol. The van der Waals surface area contributed by atoms with Crippen LogP contribution in [-0.4, -0.2) is 22.9 Å². The zero-order valence-corrected chi connectivity index (χ0v) is 15.4. The maximum absolute atomic E-state index is 13.0. The van der Waals surface area contributed by atoms with Crippen LogP contribution < -0.4 is 21.3 Å². The first-order valence-electron chi connectivity index (χ1n) is 8.83. The van der Waals surface area contributed by atoms with Crippen LogP contribution in [0.2, 0.25) is 0 Å². The van der Waals surface area contributed by atoms with Crippen LogP contribution in [0, 0.1) is 5.41 Å². The molecule has 140 valence electrons. The molecule has 4 rings (SSSR count). The highest BCUT2D eigenvalue weighted by Crippen LogP contribution is 2.47. The smallest absolute Gasteiger partial charge is 0.327 e. The van der Waals surface area contributed by atoms with Crippen molar-refractivity contribution in [3.05, 3.63) is 67.5 Å². The number of anilines is 1. The Kier molecular flexibility index (Phi) is 3.83. The number of aromatic nitrogens is 2. The van der Waals surface area contributed by atoms with Crippen molar-refractivity contribution in [2.24, 2.45) is 5.41 Å². The minimum absolute atomic E-state index is 0.0193. The molecule has 0 bridgehead atoms. The van der Waals surface area contributed by atoms with Crippen molar-refractivity contribution in [1.29, 1.82) is 0 Å². The highest BCUT2D eigenvalue weighted by Gasteiger charge is 2.42. The fraction of sp³-hybridized carbons (Fsp3) is 0.350. The van der Waals surface area contributed by atoms with E-state index in [1.165, 1.54) is 0 Å². The number of allylic oxidation sites excluding steroid dienone is 2. The molecule has 1 aromatic carbocycles. The third kappa shape index (κ3) is 2.89. The van der Waals surface area contributed by atoms with Crippen LogP contribution in [0.5, 0.6) is 5.75 Å². The van der Waals surface area contributed by atoms with Crippen molar-refractivity contribution >= 4 is 11.6 Å². The molecule has 7 nitrogen and oxygen atoms in total. The lowest BCUT2D eigenvalue weighted by Crippen LogP contribution is -2.38. The number of Topliss-reactive ketones (excluding diaryl/α,β-unsaturated/α-hetero) is 1. The van der Waals surface area contributed by atoms with E-state index in [0.29, 0.717) is 35.5 Å². The van der Waals surface area contributed by atoms with E-state index in [-0.39, 0.29) is 11.2 Å². The molecule has 7 heteroatoms. The number of methoxy groups -OCH3 is 1. The highest BCUT2D eigenvalue weighted by atomic mass is 16.5. The van der Waals surface area contributed by atoms with Gasteiger partial charge in [0, 0.05) is 23.6 Å². The Morgan fingerprint density at radius 2 is 1.74 bits per heavy atom. The van der Waals surface area contributed by atoms with E-state index in [9.17, 15) is 14.4 Å². The maximum Gasteiger partial charge on any atom is 0.327 e. The highest BCUT2D eigenvalue weighted by molar-refractivity contribution is 6.01. The molecule has 0 saturated heterocycles. The number of benzene rings is 1. The van der Waals surface area contributed by atoms with Gasteiger partial charge in [-0.05, 0) is 29.5 Å². The topological polar surface area (TPSA) is 104 Å². The van der Waals surface area contributed by atoms with Crippen LogP contribution >= 0.6 is 0 Å². The number of aromatic amines is 2. The third-order valence-electron chi connectivity index (χ3n) is 5.20. The number of rotatable bonds is 2. The number of ether oxygens (including phenoxy) is 1. The van der Waals surface area contributed by atoms with Gasteiger partial charge in [0.15, 0.2) is 5.78 Å². The number of ketones is 1. The first-order chi connectivity index (χ1) is 12.8.